The number of amides is 1. The van der Waals surface area contributed by atoms with Crippen molar-refractivity contribution in [1.82, 2.24) is 0 Å². The molecule has 0 aliphatic heterocycles. The second kappa shape index (κ2) is 8.87. The SMILES string of the molecule is CCCO[C@]1(C(=O)Nc2ccc(OCC)cc2C#N)CCC[C@H](C)C1. The van der Waals surface area contributed by atoms with Crippen LogP contribution in [0.2, 0.25) is 0 Å². The number of hydrogen-bond donors (Lipinski definition) is 1. The van der Waals surface area contributed by atoms with E-state index in [4.69, 9.17) is 9.47 Å². The van der Waals surface area contributed by atoms with Gasteiger partial charge in [0.2, 0.25) is 0 Å². The zero-order valence-corrected chi connectivity index (χ0v) is 15.4. The third-order valence-electron chi connectivity index (χ3n) is 4.62. The van der Waals surface area contributed by atoms with Crippen molar-refractivity contribution in [2.45, 2.75) is 58.5 Å². The summed E-state index contributed by atoms with van der Waals surface area (Å²) in [5.74, 6) is 0.931. The fourth-order valence-electron chi connectivity index (χ4n) is 3.42. The number of carbonyl (C=O) groups is 1. The number of hydrogen-bond acceptors (Lipinski definition) is 4. The Morgan fingerprint density at radius 3 is 2.88 bits per heavy atom. The average molecular weight is 344 g/mol. The molecule has 1 aromatic carbocycles. The van der Waals surface area contributed by atoms with Crippen LogP contribution < -0.4 is 10.1 Å². The molecule has 1 aliphatic carbocycles. The third-order valence-corrected chi connectivity index (χ3v) is 4.62. The van der Waals surface area contributed by atoms with Gasteiger partial charge in [-0.3, -0.25) is 4.79 Å². The van der Waals surface area contributed by atoms with E-state index in [1.807, 2.05) is 13.8 Å². The summed E-state index contributed by atoms with van der Waals surface area (Å²) in [6.07, 6.45) is 4.42. The van der Waals surface area contributed by atoms with Gasteiger partial charge in [0.1, 0.15) is 17.4 Å². The molecule has 1 aliphatic rings. The van der Waals surface area contributed by atoms with Gasteiger partial charge in [-0.2, -0.15) is 5.26 Å². The molecule has 0 saturated heterocycles. The highest BCUT2D eigenvalue weighted by Crippen LogP contribution is 2.36. The van der Waals surface area contributed by atoms with Crippen LogP contribution in [0.25, 0.3) is 0 Å². The molecule has 1 N–H and O–H groups in total. The number of anilines is 1. The summed E-state index contributed by atoms with van der Waals surface area (Å²) < 4.78 is 11.5. The maximum absolute atomic E-state index is 13.0. The summed E-state index contributed by atoms with van der Waals surface area (Å²) in [7, 11) is 0. The van der Waals surface area contributed by atoms with Crippen LogP contribution in [0.4, 0.5) is 5.69 Å². The molecule has 2 atom stereocenters. The molecule has 25 heavy (non-hydrogen) atoms. The topological polar surface area (TPSA) is 71.3 Å². The van der Waals surface area contributed by atoms with Gasteiger partial charge < -0.3 is 14.8 Å². The Balaban J connectivity index is 2.21. The molecule has 0 radical (unpaired) electrons. The Morgan fingerprint density at radius 1 is 1.44 bits per heavy atom. The normalized spacial score (nSPS) is 22.9. The molecular formula is C20H28N2O3. The number of nitrogens with zero attached hydrogens (tertiary/aromatic N) is 1. The van der Waals surface area contributed by atoms with Gasteiger partial charge in [-0.15, -0.1) is 0 Å². The van der Waals surface area contributed by atoms with Crippen molar-refractivity contribution in [2.24, 2.45) is 5.92 Å². The van der Waals surface area contributed by atoms with Gasteiger partial charge in [-0.25, -0.2) is 0 Å². The largest absolute Gasteiger partial charge is 0.494 e. The van der Waals surface area contributed by atoms with Gasteiger partial charge in [0, 0.05) is 6.61 Å². The molecule has 2 rings (SSSR count). The smallest absolute Gasteiger partial charge is 0.256 e. The summed E-state index contributed by atoms with van der Waals surface area (Å²) in [6, 6.07) is 7.28. The van der Waals surface area contributed by atoms with Gasteiger partial charge >= 0.3 is 0 Å². The second-order valence-corrected chi connectivity index (χ2v) is 6.75. The number of ether oxygens (including phenoxy) is 2. The molecule has 1 saturated carbocycles. The van der Waals surface area contributed by atoms with Crippen LogP contribution >= 0.6 is 0 Å². The van der Waals surface area contributed by atoms with Crippen molar-refractivity contribution in [3.8, 4) is 11.8 Å². The first kappa shape index (κ1) is 19.3. The lowest BCUT2D eigenvalue weighted by atomic mass is 9.78. The van der Waals surface area contributed by atoms with Crippen LogP contribution in [0, 0.1) is 17.2 Å². The molecule has 5 nitrogen and oxygen atoms in total. The predicted octanol–water partition coefficient (Wildman–Crippen LogP) is 4.27. The van der Waals surface area contributed by atoms with Gasteiger partial charge in [0.25, 0.3) is 5.91 Å². The molecule has 1 amide bonds. The van der Waals surface area contributed by atoms with Gasteiger partial charge in [-0.1, -0.05) is 20.3 Å². The van der Waals surface area contributed by atoms with Crippen molar-refractivity contribution in [3.63, 3.8) is 0 Å². The number of nitriles is 1. The van der Waals surface area contributed by atoms with Crippen LogP contribution in [-0.4, -0.2) is 24.7 Å². The van der Waals surface area contributed by atoms with E-state index in [-0.39, 0.29) is 5.91 Å². The molecule has 0 bridgehead atoms. The van der Waals surface area contributed by atoms with Crippen molar-refractivity contribution in [1.29, 1.82) is 5.26 Å². The molecular weight excluding hydrogens is 316 g/mol. The fraction of sp³-hybridized carbons (Fsp3) is 0.600. The standard InChI is InChI=1S/C20H28N2O3/c1-4-11-25-20(10-6-7-15(3)13-20)19(23)22-18-9-8-17(24-5-2)12-16(18)14-21/h8-9,12,15H,4-7,10-11,13H2,1-3H3,(H,22,23)/t15-,20+/m0/s1. The quantitative estimate of drug-likeness (QED) is 0.802. The first-order valence-corrected chi connectivity index (χ1v) is 9.17. The van der Waals surface area contributed by atoms with E-state index in [1.165, 1.54) is 0 Å². The molecule has 0 aromatic heterocycles. The zero-order valence-electron chi connectivity index (χ0n) is 15.4. The lowest BCUT2D eigenvalue weighted by molar-refractivity contribution is -0.148. The molecule has 1 fully saturated rings. The molecule has 5 heteroatoms. The van der Waals surface area contributed by atoms with Crippen molar-refractivity contribution in [2.75, 3.05) is 18.5 Å². The monoisotopic (exact) mass is 344 g/mol. The van der Waals surface area contributed by atoms with Crippen LogP contribution in [0.15, 0.2) is 18.2 Å². The summed E-state index contributed by atoms with van der Waals surface area (Å²) >= 11 is 0. The highest BCUT2D eigenvalue weighted by Gasteiger charge is 2.42. The minimum absolute atomic E-state index is 0.145. The summed E-state index contributed by atoms with van der Waals surface area (Å²) in [5.41, 5.74) is 0.112. The zero-order chi connectivity index (χ0) is 18.3. The summed E-state index contributed by atoms with van der Waals surface area (Å²) in [4.78, 5) is 13.0. The van der Waals surface area contributed by atoms with Crippen molar-refractivity contribution >= 4 is 11.6 Å². The fourth-order valence-corrected chi connectivity index (χ4v) is 3.42. The van der Waals surface area contributed by atoms with Crippen LogP contribution in [-0.2, 0) is 9.53 Å². The first-order valence-electron chi connectivity index (χ1n) is 9.17. The average Bonchev–Trinajstić information content (AvgIpc) is 2.61. The molecule has 1 aromatic rings. The van der Waals surface area contributed by atoms with Crippen LogP contribution in [0.1, 0.15) is 58.4 Å². The van der Waals surface area contributed by atoms with E-state index < -0.39 is 5.60 Å². The van der Waals surface area contributed by atoms with E-state index >= 15 is 0 Å². The summed E-state index contributed by atoms with van der Waals surface area (Å²) in [6.45, 7) is 7.18. The Bertz CT molecular complexity index is 638. The first-order chi connectivity index (χ1) is 12.0. The highest BCUT2D eigenvalue weighted by molar-refractivity contribution is 5.98. The van der Waals surface area contributed by atoms with Crippen LogP contribution in [0.5, 0.6) is 5.75 Å². The van der Waals surface area contributed by atoms with E-state index in [1.54, 1.807) is 18.2 Å². The van der Waals surface area contributed by atoms with Crippen molar-refractivity contribution < 1.29 is 14.3 Å². The minimum Gasteiger partial charge on any atom is -0.494 e. The molecule has 136 valence electrons. The van der Waals surface area contributed by atoms with E-state index in [2.05, 4.69) is 18.3 Å². The van der Waals surface area contributed by atoms with E-state index in [0.717, 1.165) is 32.1 Å². The maximum Gasteiger partial charge on any atom is 0.256 e. The second-order valence-electron chi connectivity index (χ2n) is 6.75. The number of nitrogens with one attached hydrogen (secondary N) is 1. The van der Waals surface area contributed by atoms with Gasteiger partial charge in [-0.05, 0) is 56.7 Å². The Labute approximate surface area is 150 Å². The number of benzene rings is 1. The minimum atomic E-state index is -0.793. The van der Waals surface area contributed by atoms with Crippen LogP contribution in [0.3, 0.4) is 0 Å². The maximum atomic E-state index is 13.0. The van der Waals surface area contributed by atoms with Crippen molar-refractivity contribution in [3.05, 3.63) is 23.8 Å². The number of rotatable bonds is 7. The predicted molar refractivity (Wildman–Crippen MR) is 97.6 cm³/mol. The Hall–Kier alpha value is -2.06. The molecule has 0 spiro atoms. The van der Waals surface area contributed by atoms with E-state index in [0.29, 0.717) is 36.1 Å². The Kier molecular flexibility index (Phi) is 6.83. The lowest BCUT2D eigenvalue weighted by Crippen LogP contribution is -2.48. The highest BCUT2D eigenvalue weighted by atomic mass is 16.5. The third kappa shape index (κ3) is 4.73. The Morgan fingerprint density at radius 2 is 2.24 bits per heavy atom. The van der Waals surface area contributed by atoms with Gasteiger partial charge in [0.05, 0.1) is 17.9 Å². The number of carbonyl (C=O) groups excluding carboxylic acids is 1. The molecule has 0 heterocycles. The summed E-state index contributed by atoms with van der Waals surface area (Å²) in [5, 5.41) is 12.3. The molecule has 0 unspecified atom stereocenters. The van der Waals surface area contributed by atoms with Gasteiger partial charge in [0.15, 0.2) is 0 Å². The van der Waals surface area contributed by atoms with E-state index in [9.17, 15) is 10.1 Å². The lowest BCUT2D eigenvalue weighted by Gasteiger charge is -2.38.